The topological polar surface area (TPSA) is 47.0 Å². The molecule has 0 amide bonds. The van der Waals surface area contributed by atoms with Crippen molar-refractivity contribution < 1.29 is 8.42 Å². The normalized spacial score (nSPS) is 11.3. The molecule has 81 valence electrons. The fourth-order valence-corrected chi connectivity index (χ4v) is 2.31. The Hall–Kier alpha value is -1.68. The van der Waals surface area contributed by atoms with E-state index >= 15 is 0 Å². The van der Waals surface area contributed by atoms with E-state index in [1.807, 2.05) is 6.07 Å². The minimum atomic E-state index is -3.28. The first-order valence-corrected chi connectivity index (χ1v) is 6.60. The number of pyridine rings is 1. The fourth-order valence-electron chi connectivity index (χ4n) is 1.45. The molecule has 0 saturated heterocycles. The van der Waals surface area contributed by atoms with Crippen LogP contribution in [0.25, 0.3) is 11.3 Å². The van der Waals surface area contributed by atoms with Crippen LogP contribution in [0.15, 0.2) is 47.5 Å². The van der Waals surface area contributed by atoms with Gasteiger partial charge >= 0.3 is 0 Å². The summed E-state index contributed by atoms with van der Waals surface area (Å²) < 4.78 is 23.1. The van der Waals surface area contributed by atoms with E-state index in [0.29, 0.717) is 11.3 Å². The Labute approximate surface area is 94.7 Å². The predicted octanol–water partition coefficient (Wildman–Crippen LogP) is 1.95. The maximum atomic E-state index is 11.6. The third kappa shape index (κ3) is 2.12. The molecule has 16 heavy (non-hydrogen) atoms. The molecule has 0 N–H and O–H groups in total. The summed E-state index contributed by atoms with van der Waals surface area (Å²) >= 11 is 0. The number of hydrogen-bond acceptors (Lipinski definition) is 3. The molecule has 0 aliphatic rings. The second kappa shape index (κ2) is 4.06. The fraction of sp³-hybridized carbons (Fsp3) is 0.0833. The first-order chi connectivity index (χ1) is 7.59. The lowest BCUT2D eigenvalue weighted by atomic mass is 10.1. The van der Waals surface area contributed by atoms with Crippen molar-refractivity contribution in [2.75, 3.05) is 6.26 Å². The molecule has 4 heteroatoms. The highest BCUT2D eigenvalue weighted by Gasteiger charge is 2.14. The lowest BCUT2D eigenvalue weighted by Crippen LogP contribution is -2.00. The maximum absolute atomic E-state index is 11.6. The molecule has 1 aromatic carbocycles. The highest BCUT2D eigenvalue weighted by atomic mass is 32.2. The molecule has 2 rings (SSSR count). The number of rotatable bonds is 2. The van der Waals surface area contributed by atoms with Crippen molar-refractivity contribution in [3.05, 3.63) is 48.7 Å². The smallest absolute Gasteiger partial charge is 0.176 e. The van der Waals surface area contributed by atoms with E-state index in [1.54, 1.807) is 36.5 Å². The Balaban J connectivity index is 2.68. The van der Waals surface area contributed by atoms with Crippen molar-refractivity contribution in [1.29, 1.82) is 0 Å². The zero-order valence-corrected chi connectivity index (χ0v) is 9.53. The van der Waals surface area contributed by atoms with Gasteiger partial charge in [-0.2, -0.15) is 0 Å². The van der Waals surface area contributed by atoms with Crippen LogP contribution in [-0.2, 0) is 9.84 Å². The summed E-state index contributed by atoms with van der Waals surface area (Å²) in [4.78, 5) is 4.33. The lowest BCUT2D eigenvalue weighted by molar-refractivity contribution is 0.602. The SMILES string of the molecule is CS(=O)(=O)c1[c]cccc1-c1ccccn1. The van der Waals surface area contributed by atoms with Crippen molar-refractivity contribution in [2.24, 2.45) is 0 Å². The minimum absolute atomic E-state index is 0.189. The Morgan fingerprint density at radius 2 is 2.00 bits per heavy atom. The average molecular weight is 232 g/mol. The van der Waals surface area contributed by atoms with Gasteiger partial charge in [-0.3, -0.25) is 4.98 Å². The van der Waals surface area contributed by atoms with Crippen LogP contribution in [0.2, 0.25) is 0 Å². The molecule has 0 unspecified atom stereocenters. The van der Waals surface area contributed by atoms with Crippen molar-refractivity contribution in [2.45, 2.75) is 4.90 Å². The molecule has 0 fully saturated rings. The van der Waals surface area contributed by atoms with Gasteiger partial charge in [-0.15, -0.1) is 0 Å². The second-order valence-electron chi connectivity index (χ2n) is 3.40. The van der Waals surface area contributed by atoms with Crippen molar-refractivity contribution >= 4 is 9.84 Å². The molecule has 1 radical (unpaired) electrons. The number of nitrogens with zero attached hydrogens (tertiary/aromatic N) is 1. The molecule has 1 heterocycles. The Kier molecular flexibility index (Phi) is 2.75. The highest BCUT2D eigenvalue weighted by Crippen LogP contribution is 2.24. The van der Waals surface area contributed by atoms with E-state index in [2.05, 4.69) is 11.1 Å². The quantitative estimate of drug-likeness (QED) is 0.795. The van der Waals surface area contributed by atoms with E-state index in [-0.39, 0.29) is 4.90 Å². The molecular weight excluding hydrogens is 222 g/mol. The summed E-state index contributed by atoms with van der Waals surface area (Å²) in [6.45, 7) is 0. The largest absolute Gasteiger partial charge is 0.256 e. The monoisotopic (exact) mass is 232 g/mol. The molecule has 0 aliphatic carbocycles. The summed E-state index contributed by atoms with van der Waals surface area (Å²) in [6.07, 6.45) is 2.81. The van der Waals surface area contributed by atoms with Gasteiger partial charge in [0.05, 0.1) is 10.6 Å². The zero-order chi connectivity index (χ0) is 11.6. The van der Waals surface area contributed by atoms with Gasteiger partial charge in [-0.1, -0.05) is 24.3 Å². The lowest BCUT2D eigenvalue weighted by Gasteiger charge is -2.05. The first kappa shape index (κ1) is 10.8. The van der Waals surface area contributed by atoms with Gasteiger partial charge in [0.25, 0.3) is 0 Å². The molecule has 0 saturated carbocycles. The van der Waals surface area contributed by atoms with Gasteiger partial charge in [0, 0.05) is 24.1 Å². The summed E-state index contributed by atoms with van der Waals surface area (Å²) in [5.41, 5.74) is 1.23. The van der Waals surface area contributed by atoms with Crippen LogP contribution in [0.3, 0.4) is 0 Å². The Morgan fingerprint density at radius 1 is 1.19 bits per heavy atom. The van der Waals surface area contributed by atoms with E-state index < -0.39 is 9.84 Å². The van der Waals surface area contributed by atoms with Crippen molar-refractivity contribution in [3.63, 3.8) is 0 Å². The van der Waals surface area contributed by atoms with Crippen LogP contribution in [0, 0.1) is 6.07 Å². The second-order valence-corrected chi connectivity index (χ2v) is 5.35. The Morgan fingerprint density at radius 3 is 2.62 bits per heavy atom. The molecule has 0 aliphatic heterocycles. The van der Waals surface area contributed by atoms with Gasteiger partial charge in [0.2, 0.25) is 0 Å². The molecule has 0 spiro atoms. The van der Waals surface area contributed by atoms with Crippen molar-refractivity contribution in [3.8, 4) is 11.3 Å². The number of benzene rings is 1. The minimum Gasteiger partial charge on any atom is -0.256 e. The Bertz CT molecular complexity index is 591. The van der Waals surface area contributed by atoms with E-state index in [1.165, 1.54) is 6.26 Å². The van der Waals surface area contributed by atoms with E-state index in [9.17, 15) is 8.42 Å². The zero-order valence-electron chi connectivity index (χ0n) is 8.71. The van der Waals surface area contributed by atoms with Crippen LogP contribution >= 0.6 is 0 Å². The highest BCUT2D eigenvalue weighted by molar-refractivity contribution is 7.90. The third-order valence-corrected chi connectivity index (χ3v) is 3.21. The molecule has 0 atom stereocenters. The average Bonchev–Trinajstić information content (AvgIpc) is 2.29. The molecule has 2 aromatic rings. The maximum Gasteiger partial charge on any atom is 0.176 e. The first-order valence-electron chi connectivity index (χ1n) is 4.71. The summed E-state index contributed by atoms with van der Waals surface area (Å²) in [7, 11) is -3.28. The van der Waals surface area contributed by atoms with Gasteiger partial charge in [0.1, 0.15) is 0 Å². The number of aromatic nitrogens is 1. The van der Waals surface area contributed by atoms with Crippen LogP contribution in [0.1, 0.15) is 0 Å². The summed E-state index contributed by atoms with van der Waals surface area (Å²) in [5.74, 6) is 0. The van der Waals surface area contributed by atoms with Crippen LogP contribution in [0.4, 0.5) is 0 Å². The third-order valence-electron chi connectivity index (χ3n) is 2.13. The van der Waals surface area contributed by atoms with E-state index in [4.69, 9.17) is 0 Å². The van der Waals surface area contributed by atoms with Crippen molar-refractivity contribution in [1.82, 2.24) is 4.98 Å². The number of hydrogen-bond donors (Lipinski definition) is 0. The molecule has 1 aromatic heterocycles. The van der Waals surface area contributed by atoms with E-state index in [0.717, 1.165) is 0 Å². The van der Waals surface area contributed by atoms with Crippen LogP contribution < -0.4 is 0 Å². The van der Waals surface area contributed by atoms with Gasteiger partial charge in [-0.05, 0) is 12.1 Å². The van der Waals surface area contributed by atoms with Gasteiger partial charge in [-0.25, -0.2) is 8.42 Å². The predicted molar refractivity (Wildman–Crippen MR) is 61.6 cm³/mol. The molecule has 0 bridgehead atoms. The van der Waals surface area contributed by atoms with Gasteiger partial charge in [0.15, 0.2) is 9.84 Å². The number of sulfone groups is 1. The van der Waals surface area contributed by atoms with Gasteiger partial charge < -0.3 is 0 Å². The standard InChI is InChI=1S/C12H10NO2S/c1-16(14,15)12-8-3-2-6-10(12)11-7-4-5-9-13-11/h2-7,9H,1H3. The summed E-state index contributed by atoms with van der Waals surface area (Å²) in [5, 5.41) is 0. The molecule has 3 nitrogen and oxygen atoms in total. The van der Waals surface area contributed by atoms with Crippen LogP contribution in [-0.4, -0.2) is 19.7 Å². The van der Waals surface area contributed by atoms with Crippen LogP contribution in [0.5, 0.6) is 0 Å². The molecular formula is C12H10NO2S. The summed E-state index contributed by atoms with van der Waals surface area (Å²) in [6, 6.07) is 13.2.